The molecule has 0 unspecified atom stereocenters. The zero-order chi connectivity index (χ0) is 19.1. The van der Waals surface area contributed by atoms with Crippen LogP contribution in [0.3, 0.4) is 0 Å². The molecule has 0 heterocycles. The molecule has 2 saturated carbocycles. The predicted octanol–water partition coefficient (Wildman–Crippen LogP) is 6.07. The van der Waals surface area contributed by atoms with Crippen LogP contribution in [0.4, 0.5) is 0 Å². The van der Waals surface area contributed by atoms with E-state index in [0.29, 0.717) is 5.54 Å². The number of hydrogen-bond donors (Lipinski definition) is 0. The van der Waals surface area contributed by atoms with Crippen LogP contribution in [-0.4, -0.2) is 14.9 Å². The van der Waals surface area contributed by atoms with E-state index in [2.05, 4.69) is 60.7 Å². The number of rotatable bonds is 7. The molecule has 0 saturated heterocycles. The fourth-order valence-electron chi connectivity index (χ4n) is 5.67. The molecule has 0 radical (unpaired) electrons. The molecule has 0 bridgehead atoms. The molecule has 2 fully saturated rings. The summed E-state index contributed by atoms with van der Waals surface area (Å²) in [5, 5.41) is 2.97. The van der Waals surface area contributed by atoms with Crippen LogP contribution < -0.4 is 10.4 Å². The van der Waals surface area contributed by atoms with Crippen LogP contribution in [-0.2, 0) is 4.43 Å². The Balaban J connectivity index is 1.65. The lowest BCUT2D eigenvalue weighted by molar-refractivity contribution is 0.236. The van der Waals surface area contributed by atoms with Crippen molar-refractivity contribution < 1.29 is 4.43 Å². The maximum absolute atomic E-state index is 7.18. The minimum Gasteiger partial charge on any atom is -0.408 e. The molecule has 0 N–H and O–H groups in total. The van der Waals surface area contributed by atoms with Crippen LogP contribution in [0.5, 0.6) is 0 Å². The summed E-state index contributed by atoms with van der Waals surface area (Å²) < 4.78 is 7.18. The molecule has 2 aliphatic carbocycles. The number of hydrogen-bond acceptors (Lipinski definition) is 1. The second kappa shape index (κ2) is 9.89. The fourth-order valence-corrected chi connectivity index (χ4v) is 10.5. The molecule has 0 amide bonds. The van der Waals surface area contributed by atoms with Crippen molar-refractivity contribution in [2.45, 2.75) is 76.2 Å². The van der Waals surface area contributed by atoms with Crippen molar-refractivity contribution in [1.82, 2.24) is 0 Å². The Morgan fingerprint density at radius 3 is 1.68 bits per heavy atom. The largest absolute Gasteiger partial charge is 0.408 e. The van der Waals surface area contributed by atoms with Gasteiger partial charge in [-0.25, -0.2) is 0 Å². The summed E-state index contributed by atoms with van der Waals surface area (Å²) in [6.07, 6.45) is 15.2. The highest BCUT2D eigenvalue weighted by Crippen LogP contribution is 2.38. The molecule has 2 aromatic carbocycles. The van der Waals surface area contributed by atoms with E-state index in [9.17, 15) is 0 Å². The van der Waals surface area contributed by atoms with E-state index < -0.39 is 8.32 Å². The molecule has 1 nitrogen and oxygen atoms in total. The van der Waals surface area contributed by atoms with Gasteiger partial charge in [-0.2, -0.15) is 0 Å². The van der Waals surface area contributed by atoms with Gasteiger partial charge in [0.1, 0.15) is 0 Å². The van der Waals surface area contributed by atoms with Crippen LogP contribution in [0.15, 0.2) is 60.7 Å². The SMILES string of the molecule is c1ccc([Si](OCCC2CCCCC2)(c2ccccc2)C2CCCCC2)cc1. The first-order valence-corrected chi connectivity index (χ1v) is 13.6. The van der Waals surface area contributed by atoms with E-state index in [1.54, 1.807) is 0 Å². The van der Waals surface area contributed by atoms with E-state index in [4.69, 9.17) is 4.43 Å². The molecule has 2 aromatic rings. The van der Waals surface area contributed by atoms with Crippen molar-refractivity contribution in [3.63, 3.8) is 0 Å². The van der Waals surface area contributed by atoms with Gasteiger partial charge in [-0.1, -0.05) is 125 Å². The van der Waals surface area contributed by atoms with E-state index in [0.717, 1.165) is 12.5 Å². The van der Waals surface area contributed by atoms with Gasteiger partial charge in [0.15, 0.2) is 0 Å². The van der Waals surface area contributed by atoms with Crippen molar-refractivity contribution in [2.24, 2.45) is 5.92 Å². The minimum atomic E-state index is -2.23. The smallest absolute Gasteiger partial charge is 0.258 e. The highest BCUT2D eigenvalue weighted by Gasteiger charge is 2.47. The second-order valence-corrected chi connectivity index (χ2v) is 12.7. The summed E-state index contributed by atoms with van der Waals surface area (Å²) in [4.78, 5) is 0. The summed E-state index contributed by atoms with van der Waals surface area (Å²) in [6.45, 7) is 0.942. The normalized spacial score (nSPS) is 19.6. The molecular weight excluding hydrogens is 356 g/mol. The van der Waals surface area contributed by atoms with E-state index in [1.807, 2.05) is 0 Å². The average molecular weight is 393 g/mol. The standard InChI is InChI=1S/C26H36OSi/c1-5-13-23(14-6-1)21-22-27-28(24-15-7-2-8-16-24,25-17-9-3-10-18-25)26-19-11-4-12-20-26/h2-3,7-10,15-18,23,26H,1,4-6,11-14,19-22H2. The molecule has 2 heteroatoms. The van der Waals surface area contributed by atoms with Crippen molar-refractivity contribution in [1.29, 1.82) is 0 Å². The Hall–Kier alpha value is -1.38. The topological polar surface area (TPSA) is 9.23 Å². The first kappa shape index (κ1) is 19.9. The monoisotopic (exact) mass is 392 g/mol. The lowest BCUT2D eigenvalue weighted by Crippen LogP contribution is -2.64. The first-order valence-electron chi connectivity index (χ1n) is 11.6. The predicted molar refractivity (Wildman–Crippen MR) is 122 cm³/mol. The zero-order valence-corrected chi connectivity index (χ0v) is 18.3. The van der Waals surface area contributed by atoms with Gasteiger partial charge < -0.3 is 4.43 Å². The summed E-state index contributed by atoms with van der Waals surface area (Å²) in [6, 6.07) is 22.6. The third-order valence-electron chi connectivity index (χ3n) is 7.17. The molecule has 0 aliphatic heterocycles. The lowest BCUT2D eigenvalue weighted by Gasteiger charge is -2.41. The van der Waals surface area contributed by atoms with Crippen molar-refractivity contribution >= 4 is 18.7 Å². The Kier molecular flexibility index (Phi) is 7.03. The lowest BCUT2D eigenvalue weighted by atomic mass is 9.87. The fraction of sp³-hybridized carbons (Fsp3) is 0.538. The highest BCUT2D eigenvalue weighted by molar-refractivity contribution is 6.98. The van der Waals surface area contributed by atoms with Gasteiger partial charge in [0.05, 0.1) is 0 Å². The van der Waals surface area contributed by atoms with Gasteiger partial charge in [0, 0.05) is 6.61 Å². The van der Waals surface area contributed by atoms with Crippen LogP contribution in [0.2, 0.25) is 5.54 Å². The summed E-state index contributed by atoms with van der Waals surface area (Å²) in [5.41, 5.74) is 0.706. The van der Waals surface area contributed by atoms with E-state index >= 15 is 0 Å². The Bertz CT molecular complexity index is 647. The van der Waals surface area contributed by atoms with Crippen LogP contribution in [0.25, 0.3) is 0 Å². The second-order valence-electron chi connectivity index (χ2n) is 8.94. The molecular formula is C26H36OSi. The van der Waals surface area contributed by atoms with Gasteiger partial charge in [-0.3, -0.25) is 0 Å². The van der Waals surface area contributed by atoms with Gasteiger partial charge >= 0.3 is 0 Å². The molecule has 28 heavy (non-hydrogen) atoms. The molecule has 2 aliphatic rings. The molecule has 0 atom stereocenters. The van der Waals surface area contributed by atoms with E-state index in [-0.39, 0.29) is 0 Å². The first-order chi connectivity index (χ1) is 13.9. The molecule has 0 aromatic heterocycles. The van der Waals surface area contributed by atoms with Gasteiger partial charge in [-0.15, -0.1) is 0 Å². The van der Waals surface area contributed by atoms with Gasteiger partial charge in [-0.05, 0) is 28.3 Å². The zero-order valence-electron chi connectivity index (χ0n) is 17.3. The molecule has 0 spiro atoms. The summed E-state index contributed by atoms with van der Waals surface area (Å²) in [5.74, 6) is 0.887. The Morgan fingerprint density at radius 2 is 1.14 bits per heavy atom. The summed E-state index contributed by atoms with van der Waals surface area (Å²) >= 11 is 0. The van der Waals surface area contributed by atoms with E-state index in [1.165, 1.54) is 81.0 Å². The number of benzene rings is 2. The maximum atomic E-state index is 7.18. The van der Waals surface area contributed by atoms with Crippen LogP contribution in [0.1, 0.15) is 70.6 Å². The van der Waals surface area contributed by atoms with Gasteiger partial charge in [0.25, 0.3) is 8.32 Å². The highest BCUT2D eigenvalue weighted by atomic mass is 28.4. The van der Waals surface area contributed by atoms with Crippen molar-refractivity contribution in [3.8, 4) is 0 Å². The average Bonchev–Trinajstić information content (AvgIpc) is 2.79. The summed E-state index contributed by atoms with van der Waals surface area (Å²) in [7, 11) is -2.23. The maximum Gasteiger partial charge on any atom is 0.258 e. The van der Waals surface area contributed by atoms with Gasteiger partial charge in [0.2, 0.25) is 0 Å². The van der Waals surface area contributed by atoms with Crippen molar-refractivity contribution in [2.75, 3.05) is 6.61 Å². The van der Waals surface area contributed by atoms with Crippen molar-refractivity contribution in [3.05, 3.63) is 60.7 Å². The molecule has 150 valence electrons. The molecule has 4 rings (SSSR count). The Labute approximate surface area is 172 Å². The van der Waals surface area contributed by atoms with Crippen LogP contribution in [0, 0.1) is 5.92 Å². The quantitative estimate of drug-likeness (QED) is 0.520. The minimum absolute atomic E-state index is 0.706. The Morgan fingerprint density at radius 1 is 0.643 bits per heavy atom. The van der Waals surface area contributed by atoms with Crippen LogP contribution >= 0.6 is 0 Å². The third-order valence-corrected chi connectivity index (χ3v) is 11.9. The third kappa shape index (κ3) is 4.44.